The van der Waals surface area contributed by atoms with Crippen molar-refractivity contribution in [3.05, 3.63) is 84.3 Å². The molecule has 0 aliphatic heterocycles. The van der Waals surface area contributed by atoms with E-state index in [2.05, 4.69) is 35.8 Å². The molecule has 1 aromatic carbocycles. The molecule has 3 heterocycles. The molecule has 0 radical (unpaired) electrons. The summed E-state index contributed by atoms with van der Waals surface area (Å²) in [5, 5.41) is 14.9. The van der Waals surface area contributed by atoms with Crippen molar-refractivity contribution < 1.29 is 4.79 Å². The molecule has 1 saturated carbocycles. The van der Waals surface area contributed by atoms with E-state index in [1.807, 2.05) is 54.1 Å². The van der Waals surface area contributed by atoms with Crippen LogP contribution in [-0.2, 0) is 19.0 Å². The molecule has 4 aromatic rings. The van der Waals surface area contributed by atoms with Crippen LogP contribution in [0, 0.1) is 0 Å². The quantitative estimate of drug-likeness (QED) is 0.433. The van der Waals surface area contributed by atoms with Gasteiger partial charge in [-0.15, -0.1) is 10.2 Å². The molecule has 3 aromatic heterocycles. The van der Waals surface area contributed by atoms with Gasteiger partial charge in [0.1, 0.15) is 12.0 Å². The number of pyridine rings is 1. The Bertz CT molecular complexity index is 1250. The number of hydrogen-bond acceptors (Lipinski definition) is 7. The van der Waals surface area contributed by atoms with Crippen molar-refractivity contribution in [2.24, 2.45) is 7.05 Å². The molecule has 1 aliphatic rings. The van der Waals surface area contributed by atoms with Crippen molar-refractivity contribution in [3.8, 4) is 11.5 Å². The Balaban J connectivity index is 1.21. The Kier molecular flexibility index (Phi) is 5.52. The zero-order valence-corrected chi connectivity index (χ0v) is 18.3. The summed E-state index contributed by atoms with van der Waals surface area (Å²) in [5.41, 5.74) is 3.17. The third-order valence-corrected chi connectivity index (χ3v) is 6.00. The lowest BCUT2D eigenvalue weighted by molar-refractivity contribution is 0.0949. The van der Waals surface area contributed by atoms with Gasteiger partial charge in [0.05, 0.1) is 6.54 Å². The first-order valence-corrected chi connectivity index (χ1v) is 10.8. The van der Waals surface area contributed by atoms with Crippen LogP contribution in [0.5, 0.6) is 0 Å². The number of benzene rings is 1. The normalized spacial score (nSPS) is 14.0. The van der Waals surface area contributed by atoms with E-state index in [1.54, 1.807) is 18.5 Å². The summed E-state index contributed by atoms with van der Waals surface area (Å²) in [6.07, 6.45) is 7.05. The predicted octanol–water partition coefficient (Wildman–Crippen LogP) is 2.74. The van der Waals surface area contributed by atoms with Crippen molar-refractivity contribution in [2.45, 2.75) is 24.8 Å². The molecular formula is C24H24N8O. The van der Waals surface area contributed by atoms with Gasteiger partial charge in [-0.2, -0.15) is 0 Å². The van der Waals surface area contributed by atoms with Crippen molar-refractivity contribution >= 4 is 11.6 Å². The lowest BCUT2D eigenvalue weighted by Gasteiger charge is -2.16. The third-order valence-electron chi connectivity index (χ3n) is 6.00. The first kappa shape index (κ1) is 20.7. The number of hydrogen-bond donors (Lipinski definition) is 2. The highest BCUT2D eigenvalue weighted by Crippen LogP contribution is 2.46. The fourth-order valence-electron chi connectivity index (χ4n) is 3.82. The molecule has 0 atom stereocenters. The molecule has 1 amide bonds. The largest absolute Gasteiger partial charge is 0.378 e. The molecule has 5 rings (SSSR count). The first-order valence-electron chi connectivity index (χ1n) is 10.8. The standard InChI is InChI=1S/C24H24N8O/c1-32-21(30-31-22(32)19-8-12-25-16-29-19)14-27-18-6-4-5-17(13-18)23(33)28-15-24(9-10-24)20-7-2-3-11-26-20/h2-8,11-13,16,27H,9-10,14-15H2,1H3,(H,28,33). The van der Waals surface area contributed by atoms with Crippen molar-refractivity contribution in [2.75, 3.05) is 11.9 Å². The van der Waals surface area contributed by atoms with E-state index < -0.39 is 0 Å². The van der Waals surface area contributed by atoms with Crippen molar-refractivity contribution in [1.29, 1.82) is 0 Å². The van der Waals surface area contributed by atoms with Crippen LogP contribution < -0.4 is 10.6 Å². The molecule has 166 valence electrons. The van der Waals surface area contributed by atoms with E-state index in [9.17, 15) is 4.79 Å². The lowest BCUT2D eigenvalue weighted by Crippen LogP contribution is -2.32. The average molecular weight is 441 g/mol. The zero-order chi connectivity index (χ0) is 22.7. The average Bonchev–Trinajstić information content (AvgIpc) is 3.58. The molecule has 0 saturated heterocycles. The lowest BCUT2D eigenvalue weighted by atomic mass is 10.0. The fraction of sp³-hybridized carbons (Fsp3) is 0.250. The minimum atomic E-state index is -0.0921. The van der Waals surface area contributed by atoms with Gasteiger partial charge in [0.2, 0.25) is 0 Å². The van der Waals surface area contributed by atoms with E-state index >= 15 is 0 Å². The third kappa shape index (κ3) is 4.43. The summed E-state index contributed by atoms with van der Waals surface area (Å²) in [6.45, 7) is 1.05. The SMILES string of the molecule is Cn1c(CNc2cccc(C(=O)NCC3(c4ccccn4)CC3)c2)nnc1-c1ccncn1. The number of carbonyl (C=O) groups is 1. The van der Waals surface area contributed by atoms with Gasteiger partial charge in [-0.3, -0.25) is 9.78 Å². The fourth-order valence-corrected chi connectivity index (χ4v) is 3.82. The number of amides is 1. The monoisotopic (exact) mass is 440 g/mol. The van der Waals surface area contributed by atoms with Crippen LogP contribution in [0.15, 0.2) is 67.3 Å². The predicted molar refractivity (Wildman–Crippen MR) is 123 cm³/mol. The number of carbonyl (C=O) groups excluding carboxylic acids is 1. The van der Waals surface area contributed by atoms with Gasteiger partial charge in [-0.1, -0.05) is 12.1 Å². The van der Waals surface area contributed by atoms with Crippen molar-refractivity contribution in [1.82, 2.24) is 35.0 Å². The van der Waals surface area contributed by atoms with E-state index in [-0.39, 0.29) is 11.3 Å². The number of nitrogens with one attached hydrogen (secondary N) is 2. The van der Waals surface area contributed by atoms with E-state index in [0.29, 0.717) is 30.2 Å². The van der Waals surface area contributed by atoms with Crippen molar-refractivity contribution in [3.63, 3.8) is 0 Å². The number of aromatic nitrogens is 6. The van der Waals surface area contributed by atoms with Crippen LogP contribution in [0.25, 0.3) is 11.5 Å². The molecule has 9 nitrogen and oxygen atoms in total. The van der Waals surface area contributed by atoms with Gasteiger partial charge in [0.25, 0.3) is 5.91 Å². The number of nitrogens with zero attached hydrogens (tertiary/aromatic N) is 6. The Morgan fingerprint density at radius 3 is 2.73 bits per heavy atom. The summed E-state index contributed by atoms with van der Waals surface area (Å²) >= 11 is 0. The molecule has 0 spiro atoms. The second-order valence-electron chi connectivity index (χ2n) is 8.21. The first-order chi connectivity index (χ1) is 16.1. The van der Waals surface area contributed by atoms with Gasteiger partial charge in [-0.05, 0) is 49.2 Å². The Hall–Kier alpha value is -4.14. The summed E-state index contributed by atoms with van der Waals surface area (Å²) in [7, 11) is 1.90. The van der Waals surface area contributed by atoms with E-state index in [4.69, 9.17) is 0 Å². The molecule has 9 heteroatoms. The topological polar surface area (TPSA) is 111 Å². The maximum absolute atomic E-state index is 12.8. The van der Waals surface area contributed by atoms with Gasteiger partial charge >= 0.3 is 0 Å². The van der Waals surface area contributed by atoms with Crippen LogP contribution in [-0.4, -0.2) is 42.2 Å². The molecule has 1 fully saturated rings. The van der Waals surface area contributed by atoms with Crippen LogP contribution >= 0.6 is 0 Å². The highest BCUT2D eigenvalue weighted by atomic mass is 16.1. The number of anilines is 1. The second kappa shape index (κ2) is 8.78. The highest BCUT2D eigenvalue weighted by molar-refractivity contribution is 5.95. The van der Waals surface area contributed by atoms with Gasteiger partial charge in [0.15, 0.2) is 11.6 Å². The summed E-state index contributed by atoms with van der Waals surface area (Å²) in [4.78, 5) is 25.4. The van der Waals surface area contributed by atoms with Crippen LogP contribution in [0.4, 0.5) is 5.69 Å². The molecule has 33 heavy (non-hydrogen) atoms. The maximum atomic E-state index is 12.8. The van der Waals surface area contributed by atoms with E-state index in [0.717, 1.165) is 30.0 Å². The summed E-state index contributed by atoms with van der Waals surface area (Å²) in [6, 6.07) is 15.2. The minimum Gasteiger partial charge on any atom is -0.378 e. The molecular weight excluding hydrogens is 416 g/mol. The zero-order valence-electron chi connectivity index (χ0n) is 18.3. The number of rotatable bonds is 8. The minimum absolute atomic E-state index is 0.0284. The molecule has 1 aliphatic carbocycles. The second-order valence-corrected chi connectivity index (χ2v) is 8.21. The molecule has 0 unspecified atom stereocenters. The molecule has 0 bridgehead atoms. The Morgan fingerprint density at radius 2 is 1.97 bits per heavy atom. The van der Waals surface area contributed by atoms with E-state index in [1.165, 1.54) is 6.33 Å². The summed E-state index contributed by atoms with van der Waals surface area (Å²) in [5.74, 6) is 1.33. The van der Waals surface area contributed by atoms with Crippen LogP contribution in [0.1, 0.15) is 34.7 Å². The van der Waals surface area contributed by atoms with Crippen LogP contribution in [0.3, 0.4) is 0 Å². The van der Waals surface area contributed by atoms with Gasteiger partial charge in [0, 0.05) is 48.3 Å². The molecule has 2 N–H and O–H groups in total. The Morgan fingerprint density at radius 1 is 1.06 bits per heavy atom. The van der Waals surface area contributed by atoms with Crippen LogP contribution in [0.2, 0.25) is 0 Å². The Labute approximate surface area is 191 Å². The van der Waals surface area contributed by atoms with Gasteiger partial charge in [-0.25, -0.2) is 9.97 Å². The highest BCUT2D eigenvalue weighted by Gasteiger charge is 2.45. The smallest absolute Gasteiger partial charge is 0.251 e. The summed E-state index contributed by atoms with van der Waals surface area (Å²) < 4.78 is 1.89. The van der Waals surface area contributed by atoms with Gasteiger partial charge < -0.3 is 15.2 Å². The maximum Gasteiger partial charge on any atom is 0.251 e.